The van der Waals surface area contributed by atoms with E-state index in [0.717, 1.165) is 39.1 Å². The van der Waals surface area contributed by atoms with Gasteiger partial charge in [-0.15, -0.1) is 0 Å². The van der Waals surface area contributed by atoms with E-state index in [-0.39, 0.29) is 6.10 Å². The van der Waals surface area contributed by atoms with E-state index in [4.69, 9.17) is 0 Å². The lowest BCUT2D eigenvalue weighted by Gasteiger charge is -2.34. The molecular weight excluding hydrogens is 176 g/mol. The van der Waals surface area contributed by atoms with Crippen molar-refractivity contribution >= 4 is 0 Å². The van der Waals surface area contributed by atoms with Crippen LogP contribution in [0.4, 0.5) is 0 Å². The molecule has 0 aromatic heterocycles. The summed E-state index contributed by atoms with van der Waals surface area (Å²) in [7, 11) is 0. The maximum atomic E-state index is 9.69. The number of aliphatic hydroxyl groups is 1. The van der Waals surface area contributed by atoms with Crippen LogP contribution in [0.2, 0.25) is 0 Å². The van der Waals surface area contributed by atoms with Crippen molar-refractivity contribution < 1.29 is 5.11 Å². The van der Waals surface area contributed by atoms with Gasteiger partial charge in [-0.2, -0.15) is 0 Å². The van der Waals surface area contributed by atoms with Gasteiger partial charge in [-0.05, 0) is 31.8 Å². The third-order valence-electron chi connectivity index (χ3n) is 3.03. The SMILES string of the molecule is CCCNCCN1CCC(C)C(O)C1. The molecule has 0 aliphatic carbocycles. The lowest BCUT2D eigenvalue weighted by atomic mass is 9.96. The number of rotatable bonds is 5. The van der Waals surface area contributed by atoms with Crippen molar-refractivity contribution in [2.24, 2.45) is 5.92 Å². The Morgan fingerprint density at radius 2 is 2.21 bits per heavy atom. The second-order valence-corrected chi connectivity index (χ2v) is 4.38. The van der Waals surface area contributed by atoms with Crippen LogP contribution >= 0.6 is 0 Å². The van der Waals surface area contributed by atoms with E-state index in [0.29, 0.717) is 5.92 Å². The molecule has 2 N–H and O–H groups in total. The van der Waals surface area contributed by atoms with E-state index in [2.05, 4.69) is 24.1 Å². The zero-order valence-corrected chi connectivity index (χ0v) is 9.50. The Bertz CT molecular complexity index is 152. The first-order valence-electron chi connectivity index (χ1n) is 5.85. The Labute approximate surface area is 87.5 Å². The van der Waals surface area contributed by atoms with Gasteiger partial charge in [-0.1, -0.05) is 13.8 Å². The number of piperidine rings is 1. The third kappa shape index (κ3) is 3.95. The van der Waals surface area contributed by atoms with Crippen LogP contribution in [0.5, 0.6) is 0 Å². The van der Waals surface area contributed by atoms with Gasteiger partial charge in [0.15, 0.2) is 0 Å². The number of nitrogens with one attached hydrogen (secondary N) is 1. The molecular formula is C11H24N2O. The third-order valence-corrected chi connectivity index (χ3v) is 3.03. The fourth-order valence-corrected chi connectivity index (χ4v) is 1.86. The van der Waals surface area contributed by atoms with Crippen molar-refractivity contribution in [1.29, 1.82) is 0 Å². The van der Waals surface area contributed by atoms with E-state index < -0.39 is 0 Å². The maximum Gasteiger partial charge on any atom is 0.0693 e. The number of nitrogens with zero attached hydrogens (tertiary/aromatic N) is 1. The first kappa shape index (κ1) is 12.0. The van der Waals surface area contributed by atoms with Crippen molar-refractivity contribution in [1.82, 2.24) is 10.2 Å². The molecule has 1 aliphatic rings. The minimum Gasteiger partial charge on any atom is -0.392 e. The maximum absolute atomic E-state index is 9.69. The van der Waals surface area contributed by atoms with E-state index in [1.54, 1.807) is 0 Å². The second-order valence-electron chi connectivity index (χ2n) is 4.38. The second kappa shape index (κ2) is 6.38. The summed E-state index contributed by atoms with van der Waals surface area (Å²) in [5, 5.41) is 13.1. The minimum absolute atomic E-state index is 0.116. The summed E-state index contributed by atoms with van der Waals surface area (Å²) >= 11 is 0. The molecule has 0 aromatic carbocycles. The number of likely N-dealkylation sites (tertiary alicyclic amines) is 1. The van der Waals surface area contributed by atoms with Gasteiger partial charge >= 0.3 is 0 Å². The molecule has 1 heterocycles. The molecule has 0 radical (unpaired) electrons. The average Bonchev–Trinajstić information content (AvgIpc) is 2.18. The quantitative estimate of drug-likeness (QED) is 0.641. The van der Waals surface area contributed by atoms with Crippen molar-refractivity contribution in [2.75, 3.05) is 32.7 Å². The number of β-amino-alcohol motifs (C(OH)–C–C–N with tert-alkyl or cyclic N) is 1. The summed E-state index contributed by atoms with van der Waals surface area (Å²) < 4.78 is 0. The fourth-order valence-electron chi connectivity index (χ4n) is 1.86. The molecule has 1 fully saturated rings. The first-order valence-corrected chi connectivity index (χ1v) is 5.85. The number of hydrogen-bond acceptors (Lipinski definition) is 3. The van der Waals surface area contributed by atoms with Gasteiger partial charge in [-0.25, -0.2) is 0 Å². The highest BCUT2D eigenvalue weighted by molar-refractivity contribution is 4.77. The van der Waals surface area contributed by atoms with Gasteiger partial charge in [-0.3, -0.25) is 4.90 Å². The molecule has 0 saturated carbocycles. The summed E-state index contributed by atoms with van der Waals surface area (Å²) in [6.45, 7) is 9.54. The van der Waals surface area contributed by atoms with E-state index in [1.165, 1.54) is 6.42 Å². The molecule has 0 bridgehead atoms. The highest BCUT2D eigenvalue weighted by Gasteiger charge is 2.23. The van der Waals surface area contributed by atoms with Crippen molar-refractivity contribution in [3.8, 4) is 0 Å². The summed E-state index contributed by atoms with van der Waals surface area (Å²) in [5.41, 5.74) is 0. The Morgan fingerprint density at radius 3 is 2.86 bits per heavy atom. The van der Waals surface area contributed by atoms with Crippen LogP contribution in [0.15, 0.2) is 0 Å². The summed E-state index contributed by atoms with van der Waals surface area (Å²) in [4.78, 5) is 2.35. The smallest absolute Gasteiger partial charge is 0.0693 e. The van der Waals surface area contributed by atoms with E-state index in [9.17, 15) is 5.11 Å². The van der Waals surface area contributed by atoms with Gasteiger partial charge in [0, 0.05) is 19.6 Å². The van der Waals surface area contributed by atoms with Gasteiger partial charge in [0.25, 0.3) is 0 Å². The van der Waals surface area contributed by atoms with Gasteiger partial charge in [0.05, 0.1) is 6.10 Å². The van der Waals surface area contributed by atoms with Gasteiger partial charge in [0.1, 0.15) is 0 Å². The summed E-state index contributed by atoms with van der Waals surface area (Å²) in [6.07, 6.45) is 2.21. The van der Waals surface area contributed by atoms with Crippen LogP contribution in [0.1, 0.15) is 26.7 Å². The molecule has 2 unspecified atom stereocenters. The largest absolute Gasteiger partial charge is 0.392 e. The predicted octanol–water partition coefficient (Wildman–Crippen LogP) is 0.689. The van der Waals surface area contributed by atoms with Crippen LogP contribution in [0, 0.1) is 5.92 Å². The zero-order valence-electron chi connectivity index (χ0n) is 9.50. The lowest BCUT2D eigenvalue weighted by molar-refractivity contribution is 0.0298. The Balaban J connectivity index is 2.07. The molecule has 1 aliphatic heterocycles. The lowest BCUT2D eigenvalue weighted by Crippen LogP contribution is -2.45. The average molecular weight is 200 g/mol. The Morgan fingerprint density at radius 1 is 1.43 bits per heavy atom. The number of hydrogen-bond donors (Lipinski definition) is 2. The van der Waals surface area contributed by atoms with Gasteiger partial charge < -0.3 is 10.4 Å². The topological polar surface area (TPSA) is 35.5 Å². The minimum atomic E-state index is -0.116. The predicted molar refractivity (Wildman–Crippen MR) is 59.4 cm³/mol. The Hall–Kier alpha value is -0.120. The highest BCUT2D eigenvalue weighted by Crippen LogP contribution is 2.16. The standard InChI is InChI=1S/C11H24N2O/c1-3-5-12-6-8-13-7-4-10(2)11(14)9-13/h10-12,14H,3-9H2,1-2H3. The van der Waals surface area contributed by atoms with Crippen molar-refractivity contribution in [2.45, 2.75) is 32.8 Å². The molecule has 0 aromatic rings. The van der Waals surface area contributed by atoms with Crippen LogP contribution in [0.3, 0.4) is 0 Å². The molecule has 3 heteroatoms. The molecule has 3 nitrogen and oxygen atoms in total. The van der Waals surface area contributed by atoms with Crippen LogP contribution in [0.25, 0.3) is 0 Å². The molecule has 0 amide bonds. The summed E-state index contributed by atoms with van der Waals surface area (Å²) in [6, 6.07) is 0. The fraction of sp³-hybridized carbons (Fsp3) is 1.00. The summed E-state index contributed by atoms with van der Waals surface area (Å²) in [5.74, 6) is 0.481. The molecule has 84 valence electrons. The Kier molecular flexibility index (Phi) is 5.45. The zero-order chi connectivity index (χ0) is 10.4. The van der Waals surface area contributed by atoms with Crippen molar-refractivity contribution in [3.05, 3.63) is 0 Å². The van der Waals surface area contributed by atoms with Crippen LogP contribution in [-0.4, -0.2) is 48.8 Å². The highest BCUT2D eigenvalue weighted by atomic mass is 16.3. The van der Waals surface area contributed by atoms with Crippen LogP contribution in [-0.2, 0) is 0 Å². The van der Waals surface area contributed by atoms with Crippen LogP contribution < -0.4 is 5.32 Å². The molecule has 1 saturated heterocycles. The van der Waals surface area contributed by atoms with Crippen molar-refractivity contribution in [3.63, 3.8) is 0 Å². The monoisotopic (exact) mass is 200 g/mol. The molecule has 0 spiro atoms. The van der Waals surface area contributed by atoms with Gasteiger partial charge in [0.2, 0.25) is 0 Å². The first-order chi connectivity index (χ1) is 6.74. The molecule has 1 rings (SSSR count). The number of aliphatic hydroxyl groups excluding tert-OH is 1. The molecule has 2 atom stereocenters. The van der Waals surface area contributed by atoms with E-state index in [1.807, 2.05) is 0 Å². The van der Waals surface area contributed by atoms with E-state index >= 15 is 0 Å². The molecule has 14 heavy (non-hydrogen) atoms. The normalized spacial score (nSPS) is 29.4.